The van der Waals surface area contributed by atoms with Crippen molar-refractivity contribution >= 4 is 28.2 Å². The van der Waals surface area contributed by atoms with Crippen LogP contribution in [0.2, 0.25) is 0 Å². The van der Waals surface area contributed by atoms with E-state index in [2.05, 4.69) is 10.3 Å². The number of anilines is 2. The highest BCUT2D eigenvalue weighted by atomic mass is 19.4. The van der Waals surface area contributed by atoms with Crippen LogP contribution >= 0.6 is 0 Å². The van der Waals surface area contributed by atoms with E-state index in [4.69, 9.17) is 4.74 Å². The Morgan fingerprint density at radius 3 is 2.70 bits per heavy atom. The maximum Gasteiger partial charge on any atom is 0.416 e. The number of nitrogens with one attached hydrogen (secondary N) is 1. The van der Waals surface area contributed by atoms with E-state index in [-0.39, 0.29) is 29.3 Å². The molecule has 0 radical (unpaired) electrons. The van der Waals surface area contributed by atoms with E-state index < -0.39 is 11.7 Å². The van der Waals surface area contributed by atoms with Crippen molar-refractivity contribution in [2.75, 3.05) is 11.9 Å². The second-order valence-electron chi connectivity index (χ2n) is 9.35. The third-order valence-corrected chi connectivity index (χ3v) is 7.23. The summed E-state index contributed by atoms with van der Waals surface area (Å²) >= 11 is 0. The van der Waals surface area contributed by atoms with E-state index in [0.29, 0.717) is 23.4 Å². The normalized spacial score (nSPS) is 25.8. The molecule has 1 atom stereocenters. The lowest BCUT2D eigenvalue weighted by atomic mass is 9.68. The number of alkyl halides is 3. The summed E-state index contributed by atoms with van der Waals surface area (Å²) in [6.45, 7) is 2.50. The molecule has 1 spiro atoms. The fraction of sp³-hybridized carbons (Fsp3) is 0.360. The third kappa shape index (κ3) is 3.19. The number of aryl methyl sites for hydroxylation is 1. The van der Waals surface area contributed by atoms with Gasteiger partial charge in [-0.15, -0.1) is 0 Å². The van der Waals surface area contributed by atoms with Crippen LogP contribution in [0.4, 0.5) is 24.7 Å². The number of carbonyl (C=O) groups excluding carboxylic acids is 1. The van der Waals surface area contributed by atoms with Crippen LogP contribution in [0.3, 0.4) is 0 Å². The lowest BCUT2D eigenvalue weighted by Crippen LogP contribution is -2.63. The van der Waals surface area contributed by atoms with Crippen molar-refractivity contribution in [3.8, 4) is 0 Å². The molecule has 4 heterocycles. The van der Waals surface area contributed by atoms with E-state index in [1.165, 1.54) is 6.07 Å². The average molecular weight is 453 g/mol. The number of fused-ring (bicyclic) bond motifs is 1. The van der Waals surface area contributed by atoms with Gasteiger partial charge in [-0.2, -0.15) is 13.2 Å². The van der Waals surface area contributed by atoms with Crippen LogP contribution in [-0.4, -0.2) is 40.1 Å². The number of aromatic nitrogens is 1. The molecule has 170 valence electrons. The van der Waals surface area contributed by atoms with E-state index in [1.807, 2.05) is 30.0 Å². The Morgan fingerprint density at radius 1 is 1.15 bits per heavy atom. The van der Waals surface area contributed by atoms with Crippen molar-refractivity contribution in [3.05, 3.63) is 65.4 Å². The predicted molar refractivity (Wildman–Crippen MR) is 117 cm³/mol. The van der Waals surface area contributed by atoms with Crippen molar-refractivity contribution in [1.82, 2.24) is 9.88 Å². The summed E-state index contributed by atoms with van der Waals surface area (Å²) < 4.78 is 45.4. The molecule has 3 saturated heterocycles. The van der Waals surface area contributed by atoms with E-state index >= 15 is 0 Å². The Balaban J connectivity index is 1.39. The van der Waals surface area contributed by atoms with Gasteiger partial charge in [0.15, 0.2) is 0 Å². The number of halogens is 3. The fourth-order valence-corrected chi connectivity index (χ4v) is 5.71. The van der Waals surface area contributed by atoms with Crippen LogP contribution in [0.15, 0.2) is 48.7 Å². The van der Waals surface area contributed by atoms with Crippen molar-refractivity contribution < 1.29 is 22.7 Å². The Hall–Kier alpha value is -3.13. The maximum atomic E-state index is 13.7. The van der Waals surface area contributed by atoms with Crippen LogP contribution in [-0.2, 0) is 10.9 Å². The maximum absolute atomic E-state index is 13.7. The topological polar surface area (TPSA) is 54.5 Å². The van der Waals surface area contributed by atoms with E-state index in [1.54, 1.807) is 12.3 Å². The van der Waals surface area contributed by atoms with Gasteiger partial charge in [0.05, 0.1) is 29.4 Å². The molecular weight excluding hydrogens is 431 g/mol. The highest BCUT2D eigenvalue weighted by molar-refractivity contribution is 6.11. The molecule has 1 aromatic heterocycles. The van der Waals surface area contributed by atoms with Gasteiger partial charge in [-0.3, -0.25) is 4.79 Å². The minimum atomic E-state index is -4.43. The Labute approximate surface area is 188 Å². The molecule has 4 fully saturated rings. The summed E-state index contributed by atoms with van der Waals surface area (Å²) in [5.41, 5.74) is 0.961. The molecule has 2 aromatic carbocycles. The van der Waals surface area contributed by atoms with Gasteiger partial charge in [0.25, 0.3) is 5.91 Å². The molecule has 3 aliphatic heterocycles. The molecule has 3 aromatic rings. The zero-order valence-corrected chi connectivity index (χ0v) is 17.9. The monoisotopic (exact) mass is 453 g/mol. The lowest BCUT2D eigenvalue weighted by molar-refractivity contribution is -0.137. The first-order chi connectivity index (χ1) is 15.7. The number of piperidine rings is 2. The number of carbonyl (C=O) groups is 1. The Kier molecular flexibility index (Phi) is 4.30. The molecule has 1 saturated carbocycles. The molecule has 3 bridgehead atoms. The quantitative estimate of drug-likeness (QED) is 0.573. The first-order valence-electron chi connectivity index (χ1n) is 11.0. The summed E-state index contributed by atoms with van der Waals surface area (Å²) in [4.78, 5) is 20.1. The first-order valence-corrected chi connectivity index (χ1v) is 11.0. The minimum absolute atomic E-state index is 0.0128. The smallest absolute Gasteiger partial charge is 0.373 e. The number of amides is 1. The van der Waals surface area contributed by atoms with Gasteiger partial charge in [0, 0.05) is 28.7 Å². The number of benzene rings is 2. The average Bonchev–Trinajstić information content (AvgIpc) is 3.06. The SMILES string of the molecule is Cc1cccc2c(Nc3cccc(C(F)(F)F)c3)ncc(C(=O)N3C4COC5(C4)CC3C5)c12. The molecule has 1 N–H and O–H groups in total. The molecule has 1 aliphatic carbocycles. The first kappa shape index (κ1) is 20.5. The number of ether oxygens (including phenoxy) is 1. The number of nitrogens with zero attached hydrogens (tertiary/aromatic N) is 2. The molecule has 8 heteroatoms. The Bertz CT molecular complexity index is 1280. The number of rotatable bonds is 3. The number of pyridine rings is 1. The van der Waals surface area contributed by atoms with Gasteiger partial charge in [0.1, 0.15) is 5.82 Å². The predicted octanol–water partition coefficient (Wildman–Crippen LogP) is 5.45. The van der Waals surface area contributed by atoms with Gasteiger partial charge in [0.2, 0.25) is 0 Å². The van der Waals surface area contributed by atoms with Crippen molar-refractivity contribution in [2.24, 2.45) is 0 Å². The van der Waals surface area contributed by atoms with Crippen molar-refractivity contribution in [3.63, 3.8) is 0 Å². The van der Waals surface area contributed by atoms with Crippen molar-refractivity contribution in [2.45, 2.75) is 50.0 Å². The Morgan fingerprint density at radius 2 is 1.91 bits per heavy atom. The molecule has 4 aliphatic rings. The molecule has 33 heavy (non-hydrogen) atoms. The zero-order chi connectivity index (χ0) is 23.0. The lowest BCUT2D eigenvalue weighted by Gasteiger charge is -2.54. The molecular formula is C25H22F3N3O2. The van der Waals surface area contributed by atoms with Crippen LogP contribution in [0, 0.1) is 6.92 Å². The molecule has 1 unspecified atom stereocenters. The van der Waals surface area contributed by atoms with Gasteiger partial charge >= 0.3 is 6.18 Å². The number of hydrogen-bond donors (Lipinski definition) is 1. The van der Waals surface area contributed by atoms with Crippen LogP contribution in [0.5, 0.6) is 0 Å². The van der Waals surface area contributed by atoms with Gasteiger partial charge in [-0.1, -0.05) is 24.3 Å². The largest absolute Gasteiger partial charge is 0.416 e. The van der Waals surface area contributed by atoms with E-state index in [0.717, 1.165) is 42.3 Å². The van der Waals surface area contributed by atoms with Crippen LogP contribution in [0.1, 0.15) is 40.7 Å². The fourth-order valence-electron chi connectivity index (χ4n) is 5.71. The van der Waals surface area contributed by atoms with Gasteiger partial charge < -0.3 is 15.0 Å². The van der Waals surface area contributed by atoms with E-state index in [9.17, 15) is 18.0 Å². The van der Waals surface area contributed by atoms with Gasteiger partial charge in [-0.05, 0) is 49.9 Å². The molecule has 7 rings (SSSR count). The minimum Gasteiger partial charge on any atom is -0.373 e. The summed E-state index contributed by atoms with van der Waals surface area (Å²) in [5.74, 6) is 0.358. The summed E-state index contributed by atoms with van der Waals surface area (Å²) in [6.07, 6.45) is -0.236. The van der Waals surface area contributed by atoms with Crippen molar-refractivity contribution in [1.29, 1.82) is 0 Å². The molecule has 5 nitrogen and oxygen atoms in total. The third-order valence-electron chi connectivity index (χ3n) is 7.23. The number of hydrogen-bond acceptors (Lipinski definition) is 4. The second-order valence-corrected chi connectivity index (χ2v) is 9.35. The zero-order valence-electron chi connectivity index (χ0n) is 17.9. The van der Waals surface area contributed by atoms with Crippen LogP contribution in [0.25, 0.3) is 10.8 Å². The summed E-state index contributed by atoms with van der Waals surface area (Å²) in [5, 5.41) is 4.48. The highest BCUT2D eigenvalue weighted by Crippen LogP contribution is 2.53. The summed E-state index contributed by atoms with van der Waals surface area (Å²) in [7, 11) is 0. The highest BCUT2D eigenvalue weighted by Gasteiger charge is 2.61. The standard InChI is InChI=1S/C25H22F3N3O2/c1-14-4-2-7-19-21(14)20(23(32)31-17-9-24(10-17)11-18(31)13-33-24)12-29-22(19)30-16-6-3-5-15(8-16)25(26,27)28/h2-8,12,17-18H,9-11,13H2,1H3,(H,29,30). The second kappa shape index (κ2) is 6.93. The summed E-state index contributed by atoms with van der Waals surface area (Å²) in [6, 6.07) is 10.9. The van der Waals surface area contributed by atoms with Gasteiger partial charge in [-0.25, -0.2) is 4.98 Å². The van der Waals surface area contributed by atoms with Crippen LogP contribution < -0.4 is 5.32 Å². The molecule has 1 amide bonds.